The molecule has 3 aromatic carbocycles. The van der Waals surface area contributed by atoms with Crippen molar-refractivity contribution < 1.29 is 38.6 Å². The molecule has 48 heavy (non-hydrogen) atoms. The number of nitrogens with zero attached hydrogens (tertiary/aromatic N) is 2. The fraction of sp³-hybridized carbons (Fsp3) is 0.258. The highest BCUT2D eigenvalue weighted by Gasteiger charge is 2.32. The van der Waals surface area contributed by atoms with Crippen LogP contribution in [0.2, 0.25) is 10.0 Å². The van der Waals surface area contributed by atoms with Crippen molar-refractivity contribution in [3.63, 3.8) is 0 Å². The van der Waals surface area contributed by atoms with Crippen molar-refractivity contribution in [3.05, 3.63) is 101 Å². The second-order valence-electron chi connectivity index (χ2n) is 10.1. The van der Waals surface area contributed by atoms with Crippen LogP contribution in [-0.4, -0.2) is 54.8 Å². The molecule has 2 atom stereocenters. The summed E-state index contributed by atoms with van der Waals surface area (Å²) in [4.78, 5) is 35.8. The quantitative estimate of drug-likeness (QED) is 0.0517. The summed E-state index contributed by atoms with van der Waals surface area (Å²) in [6.07, 6.45) is -0.00543. The number of hydrogen-bond donors (Lipinski definition) is 4. The third-order valence-electron chi connectivity index (χ3n) is 6.72. The molecule has 17 heteroatoms. The fourth-order valence-corrected chi connectivity index (χ4v) is 5.46. The number of amides is 2. The molecular weight excluding hydrogens is 737 g/mol. The van der Waals surface area contributed by atoms with Gasteiger partial charge in [-0.25, -0.2) is 9.59 Å². The summed E-state index contributed by atoms with van der Waals surface area (Å²) in [5.41, 5.74) is 4.31. The molecule has 0 aliphatic carbocycles. The van der Waals surface area contributed by atoms with E-state index in [0.717, 1.165) is 0 Å². The summed E-state index contributed by atoms with van der Waals surface area (Å²) < 4.78 is 22.4. The second-order valence-corrected chi connectivity index (χ2v) is 11.7. The number of urea groups is 1. The van der Waals surface area contributed by atoms with E-state index >= 15 is 0 Å². The minimum atomic E-state index is -1.29. The summed E-state index contributed by atoms with van der Waals surface area (Å²) in [5.74, 6) is -0.0128. The lowest BCUT2D eigenvalue weighted by Crippen LogP contribution is -2.45. The summed E-state index contributed by atoms with van der Waals surface area (Å²) >= 11 is 15.3. The van der Waals surface area contributed by atoms with Gasteiger partial charge in [0, 0.05) is 17.3 Å². The molecule has 1 aliphatic heterocycles. The molecule has 1 heterocycles. The van der Waals surface area contributed by atoms with E-state index in [1.54, 1.807) is 56.3 Å². The van der Waals surface area contributed by atoms with E-state index in [4.69, 9.17) is 42.1 Å². The average molecular weight is 767 g/mol. The van der Waals surface area contributed by atoms with E-state index in [1.807, 2.05) is 0 Å². The van der Waals surface area contributed by atoms with Gasteiger partial charge in [-0.05, 0) is 71.2 Å². The maximum atomic E-state index is 12.5. The Hall–Kier alpha value is -4.57. The number of allylic oxidation sites excluding steroid dienone is 1. The smallest absolute Gasteiger partial charge is 0.337 e. The number of ether oxygens (including phenoxy) is 4. The minimum absolute atomic E-state index is 0.00508. The molecule has 14 nitrogen and oxygen atoms in total. The fourth-order valence-electron chi connectivity index (χ4n) is 4.56. The number of esters is 1. The summed E-state index contributed by atoms with van der Waals surface area (Å²) in [5, 5.41) is 32.2. The zero-order chi connectivity index (χ0) is 35.0. The predicted molar refractivity (Wildman–Crippen MR) is 181 cm³/mol. The molecule has 0 bridgehead atoms. The molecule has 0 saturated carbocycles. The minimum Gasteiger partial charge on any atom is -0.490 e. The number of rotatable bonds is 14. The Morgan fingerprint density at radius 2 is 1.92 bits per heavy atom. The monoisotopic (exact) mass is 765 g/mol. The van der Waals surface area contributed by atoms with E-state index in [-0.39, 0.29) is 42.6 Å². The molecular formula is C31H30BrCl2N5O9. The SMILES string of the molecule is CCOc1cc([C@H]2NC(=O)NC(C)=C2C(=O)OC)ccc1OC[C@@H](O)N/N=C/c1cc(Br)c(OCc2ccc(Cl)c(Cl)c2)c([N+](=O)[O-])c1. The van der Waals surface area contributed by atoms with Gasteiger partial charge < -0.3 is 34.7 Å². The van der Waals surface area contributed by atoms with Gasteiger partial charge in [0.25, 0.3) is 0 Å². The Kier molecular flexibility index (Phi) is 12.5. The molecule has 1 aliphatic rings. The van der Waals surface area contributed by atoms with Gasteiger partial charge in [-0.1, -0.05) is 35.3 Å². The van der Waals surface area contributed by atoms with Crippen LogP contribution in [0.4, 0.5) is 10.5 Å². The standard InChI is InChI=1S/C31H30BrCl2N5O9/c1-4-46-25-12-19(28-27(30(41)45-3)16(2)36-31(42)37-28)6-8-24(25)47-15-26(40)38-35-13-18-9-20(32)29(23(11-18)39(43)44)48-14-17-5-7-21(33)22(34)10-17/h5-13,26,28,38,40H,4,14-15H2,1-3H3,(H2,36,37,42)/b35-13+/t26-,28-/m1/s1. The van der Waals surface area contributed by atoms with Gasteiger partial charge in [-0.15, -0.1) is 0 Å². The first kappa shape index (κ1) is 36.3. The van der Waals surface area contributed by atoms with Crippen LogP contribution in [0.5, 0.6) is 17.2 Å². The first-order valence-electron chi connectivity index (χ1n) is 14.2. The van der Waals surface area contributed by atoms with Crippen molar-refractivity contribution in [1.82, 2.24) is 16.1 Å². The lowest BCUT2D eigenvalue weighted by molar-refractivity contribution is -0.386. The third kappa shape index (κ3) is 9.07. The number of halogens is 3. The van der Waals surface area contributed by atoms with Gasteiger partial charge in [0.1, 0.15) is 13.2 Å². The number of benzene rings is 3. The van der Waals surface area contributed by atoms with Crippen LogP contribution in [0.1, 0.15) is 36.6 Å². The normalized spacial score (nSPS) is 15.0. The second kappa shape index (κ2) is 16.5. The molecule has 0 spiro atoms. The lowest BCUT2D eigenvalue weighted by Gasteiger charge is -2.28. The molecule has 0 aromatic heterocycles. The van der Waals surface area contributed by atoms with Crippen LogP contribution in [0.25, 0.3) is 0 Å². The zero-order valence-electron chi connectivity index (χ0n) is 25.7. The van der Waals surface area contributed by atoms with Gasteiger partial charge in [-0.3, -0.25) is 15.5 Å². The summed E-state index contributed by atoms with van der Waals surface area (Å²) in [6.45, 7) is 3.39. The number of hydrazone groups is 1. The van der Waals surface area contributed by atoms with E-state index in [1.165, 1.54) is 19.4 Å². The number of carbonyl (C=O) groups is 2. The molecule has 0 fully saturated rings. The highest BCUT2D eigenvalue weighted by molar-refractivity contribution is 9.10. The first-order chi connectivity index (χ1) is 22.9. The number of aliphatic hydroxyl groups excluding tert-OH is 1. The molecule has 4 N–H and O–H groups in total. The van der Waals surface area contributed by atoms with Crippen LogP contribution in [0.15, 0.2) is 69.4 Å². The Labute approximate surface area is 293 Å². The van der Waals surface area contributed by atoms with Gasteiger partial charge in [0.2, 0.25) is 5.75 Å². The van der Waals surface area contributed by atoms with Crippen molar-refractivity contribution in [2.75, 3.05) is 20.3 Å². The number of hydrogen-bond acceptors (Lipinski definition) is 11. The van der Waals surface area contributed by atoms with E-state index in [9.17, 15) is 24.8 Å². The molecule has 4 rings (SSSR count). The Morgan fingerprint density at radius 1 is 1.15 bits per heavy atom. The Balaban J connectivity index is 1.41. The van der Waals surface area contributed by atoms with E-state index in [2.05, 4.69) is 37.1 Å². The summed E-state index contributed by atoms with van der Waals surface area (Å²) in [6, 6.07) is 11.3. The number of nitro groups is 1. The number of nitrogens with one attached hydrogen (secondary N) is 3. The maximum Gasteiger partial charge on any atom is 0.337 e. The van der Waals surface area contributed by atoms with Crippen LogP contribution >= 0.6 is 39.1 Å². The molecule has 0 saturated heterocycles. The Morgan fingerprint density at radius 3 is 2.60 bits per heavy atom. The van der Waals surface area contributed by atoms with Gasteiger partial charge in [-0.2, -0.15) is 5.10 Å². The van der Waals surface area contributed by atoms with E-state index < -0.39 is 29.2 Å². The molecule has 254 valence electrons. The zero-order valence-corrected chi connectivity index (χ0v) is 28.8. The molecule has 0 unspecified atom stereocenters. The lowest BCUT2D eigenvalue weighted by atomic mass is 9.95. The maximum absolute atomic E-state index is 12.5. The average Bonchev–Trinajstić information content (AvgIpc) is 3.04. The largest absolute Gasteiger partial charge is 0.490 e. The van der Waals surface area contributed by atoms with Crippen LogP contribution in [0.3, 0.4) is 0 Å². The van der Waals surface area contributed by atoms with E-state index in [0.29, 0.717) is 42.7 Å². The molecule has 2 amide bonds. The number of methoxy groups -OCH3 is 1. The summed E-state index contributed by atoms with van der Waals surface area (Å²) in [7, 11) is 1.25. The number of nitro benzene ring substituents is 1. The first-order valence-corrected chi connectivity index (χ1v) is 15.7. The topological polar surface area (TPSA) is 183 Å². The van der Waals surface area contributed by atoms with Crippen molar-refractivity contribution in [1.29, 1.82) is 0 Å². The van der Waals surface area contributed by atoms with Gasteiger partial charge in [0.15, 0.2) is 17.7 Å². The highest BCUT2D eigenvalue weighted by atomic mass is 79.9. The Bertz CT molecular complexity index is 1770. The third-order valence-corrected chi connectivity index (χ3v) is 8.05. The predicted octanol–water partition coefficient (Wildman–Crippen LogP) is 5.76. The van der Waals surface area contributed by atoms with Gasteiger partial charge >= 0.3 is 17.7 Å². The van der Waals surface area contributed by atoms with Gasteiger partial charge in [0.05, 0.1) is 51.0 Å². The van der Waals surface area contributed by atoms with Crippen LogP contribution < -0.4 is 30.3 Å². The van der Waals surface area contributed by atoms with Crippen molar-refractivity contribution in [2.45, 2.75) is 32.7 Å². The number of carbonyl (C=O) groups excluding carboxylic acids is 2. The van der Waals surface area contributed by atoms with Crippen molar-refractivity contribution >= 4 is 63.0 Å². The van der Waals surface area contributed by atoms with Crippen molar-refractivity contribution in [2.24, 2.45) is 5.10 Å². The van der Waals surface area contributed by atoms with Crippen LogP contribution in [0, 0.1) is 10.1 Å². The highest BCUT2D eigenvalue weighted by Crippen LogP contribution is 2.37. The molecule has 0 radical (unpaired) electrons. The van der Waals surface area contributed by atoms with Crippen molar-refractivity contribution in [3.8, 4) is 17.2 Å². The molecule has 3 aromatic rings. The van der Waals surface area contributed by atoms with Crippen LogP contribution in [-0.2, 0) is 16.1 Å². The number of aliphatic hydroxyl groups is 1.